The Morgan fingerprint density at radius 2 is 1.83 bits per heavy atom. The molecule has 2 rings (SSSR count). The second kappa shape index (κ2) is 3.80. The van der Waals surface area contributed by atoms with Crippen LogP contribution < -0.4 is 0 Å². The summed E-state index contributed by atoms with van der Waals surface area (Å²) in [5.41, 5.74) is 1.54. The average molecular weight is 165 g/mol. The van der Waals surface area contributed by atoms with Crippen molar-refractivity contribution in [2.45, 2.75) is 20.8 Å². The first-order valence-corrected chi connectivity index (χ1v) is 3.90. The number of aryl methyl sites for hydroxylation is 1. The van der Waals surface area contributed by atoms with E-state index < -0.39 is 0 Å². The Kier molecular flexibility index (Phi) is 2.74. The summed E-state index contributed by atoms with van der Waals surface area (Å²) in [5, 5.41) is 12.0. The van der Waals surface area contributed by atoms with Gasteiger partial charge in [0.15, 0.2) is 5.58 Å². The van der Waals surface area contributed by atoms with Crippen molar-refractivity contribution in [1.82, 2.24) is 15.4 Å². The average Bonchev–Trinajstić information content (AvgIpc) is 2.53. The van der Waals surface area contributed by atoms with E-state index in [-0.39, 0.29) is 0 Å². The summed E-state index contributed by atoms with van der Waals surface area (Å²) in [4.78, 5) is 0. The van der Waals surface area contributed by atoms with Gasteiger partial charge in [0.2, 0.25) is 0 Å². The molecule has 0 bridgehead atoms. The van der Waals surface area contributed by atoms with E-state index in [1.54, 1.807) is 12.4 Å². The highest BCUT2D eigenvalue weighted by Crippen LogP contribution is 2.13. The van der Waals surface area contributed by atoms with Crippen molar-refractivity contribution in [3.8, 4) is 0 Å². The predicted octanol–water partition coefficient (Wildman–Crippen LogP) is 1.95. The molecule has 0 aromatic carbocycles. The van der Waals surface area contributed by atoms with Crippen molar-refractivity contribution >= 4 is 11.0 Å². The third kappa shape index (κ3) is 1.42. The Bertz CT molecular complexity index is 356. The zero-order valence-corrected chi connectivity index (χ0v) is 7.40. The van der Waals surface area contributed by atoms with Gasteiger partial charge in [-0.1, -0.05) is 19.0 Å². The Morgan fingerprint density at radius 1 is 1.17 bits per heavy atom. The lowest BCUT2D eigenvalue weighted by Gasteiger charge is -1.80. The van der Waals surface area contributed by atoms with Crippen molar-refractivity contribution in [2.24, 2.45) is 0 Å². The molecule has 64 valence electrons. The molecule has 0 aliphatic rings. The van der Waals surface area contributed by atoms with Crippen LogP contribution in [-0.2, 0) is 0 Å². The van der Waals surface area contributed by atoms with Gasteiger partial charge in [0, 0.05) is 0 Å². The molecule has 0 saturated heterocycles. The Balaban J connectivity index is 0.000000336. The third-order valence-corrected chi connectivity index (χ3v) is 1.36. The van der Waals surface area contributed by atoms with Crippen LogP contribution in [0.3, 0.4) is 0 Å². The van der Waals surface area contributed by atoms with Crippen LogP contribution in [0.2, 0.25) is 0 Å². The molecular formula is C8H11N3O. The van der Waals surface area contributed by atoms with Gasteiger partial charge in [0.05, 0.1) is 23.5 Å². The van der Waals surface area contributed by atoms with Crippen LogP contribution in [0.5, 0.6) is 0 Å². The second-order valence-electron chi connectivity index (χ2n) is 2.04. The topological polar surface area (TPSA) is 51.8 Å². The summed E-state index contributed by atoms with van der Waals surface area (Å²) in [6.45, 7) is 5.87. The molecule has 0 aliphatic carbocycles. The molecule has 0 spiro atoms. The van der Waals surface area contributed by atoms with Crippen LogP contribution in [0.25, 0.3) is 11.0 Å². The number of rotatable bonds is 0. The van der Waals surface area contributed by atoms with E-state index in [0.29, 0.717) is 5.58 Å². The first-order chi connectivity index (χ1) is 5.88. The summed E-state index contributed by atoms with van der Waals surface area (Å²) in [6, 6.07) is 0. The Labute approximate surface area is 70.6 Å². The highest BCUT2D eigenvalue weighted by molar-refractivity contribution is 5.76. The fourth-order valence-electron chi connectivity index (χ4n) is 0.821. The van der Waals surface area contributed by atoms with E-state index in [0.717, 1.165) is 11.1 Å². The van der Waals surface area contributed by atoms with Gasteiger partial charge >= 0.3 is 0 Å². The molecule has 0 amide bonds. The molecule has 0 unspecified atom stereocenters. The molecule has 0 N–H and O–H groups in total. The van der Waals surface area contributed by atoms with Crippen LogP contribution in [0.4, 0.5) is 0 Å². The lowest BCUT2D eigenvalue weighted by molar-refractivity contribution is 0.449. The monoisotopic (exact) mass is 165 g/mol. The van der Waals surface area contributed by atoms with E-state index >= 15 is 0 Å². The summed E-state index contributed by atoms with van der Waals surface area (Å²) in [7, 11) is 0. The van der Waals surface area contributed by atoms with E-state index in [1.165, 1.54) is 0 Å². The highest BCUT2D eigenvalue weighted by atomic mass is 16.5. The molecular weight excluding hydrogens is 154 g/mol. The molecule has 0 saturated carbocycles. The number of nitrogens with zero attached hydrogens (tertiary/aromatic N) is 3. The SMILES string of the molecule is CC.Cc1noc2cnncc12. The fourth-order valence-corrected chi connectivity index (χ4v) is 0.821. The van der Waals surface area contributed by atoms with Gasteiger partial charge in [0.25, 0.3) is 0 Å². The van der Waals surface area contributed by atoms with Crippen molar-refractivity contribution in [2.75, 3.05) is 0 Å². The first-order valence-electron chi connectivity index (χ1n) is 3.90. The summed E-state index contributed by atoms with van der Waals surface area (Å²) in [5.74, 6) is 0. The minimum Gasteiger partial charge on any atom is -0.354 e. The van der Waals surface area contributed by atoms with Gasteiger partial charge in [-0.2, -0.15) is 10.2 Å². The molecule has 0 radical (unpaired) electrons. The smallest absolute Gasteiger partial charge is 0.188 e. The lowest BCUT2D eigenvalue weighted by atomic mass is 10.3. The first kappa shape index (κ1) is 8.64. The summed E-state index contributed by atoms with van der Waals surface area (Å²) < 4.78 is 4.90. The number of hydrogen-bond donors (Lipinski definition) is 0. The van der Waals surface area contributed by atoms with E-state index in [4.69, 9.17) is 4.52 Å². The number of fused-ring (bicyclic) bond motifs is 1. The van der Waals surface area contributed by atoms with E-state index in [9.17, 15) is 0 Å². The zero-order chi connectivity index (χ0) is 8.97. The van der Waals surface area contributed by atoms with Crippen LogP contribution in [0.1, 0.15) is 19.5 Å². The maximum atomic E-state index is 4.90. The molecule has 0 aliphatic heterocycles. The van der Waals surface area contributed by atoms with Gasteiger partial charge in [-0.15, -0.1) is 0 Å². The number of aromatic nitrogens is 3. The highest BCUT2D eigenvalue weighted by Gasteiger charge is 2.01. The normalized spacial score (nSPS) is 9.25. The second-order valence-corrected chi connectivity index (χ2v) is 2.04. The van der Waals surface area contributed by atoms with Crippen molar-refractivity contribution < 1.29 is 4.52 Å². The summed E-state index contributed by atoms with van der Waals surface area (Å²) in [6.07, 6.45) is 3.19. The van der Waals surface area contributed by atoms with Crippen LogP contribution in [-0.4, -0.2) is 15.4 Å². The molecule has 2 aromatic rings. The molecule has 4 heteroatoms. The van der Waals surface area contributed by atoms with Gasteiger partial charge < -0.3 is 4.52 Å². The molecule has 4 nitrogen and oxygen atoms in total. The van der Waals surface area contributed by atoms with Crippen LogP contribution in [0.15, 0.2) is 16.9 Å². The molecule has 0 atom stereocenters. The summed E-state index contributed by atoms with van der Waals surface area (Å²) >= 11 is 0. The van der Waals surface area contributed by atoms with Crippen molar-refractivity contribution in [3.05, 3.63) is 18.1 Å². The van der Waals surface area contributed by atoms with Crippen molar-refractivity contribution in [3.63, 3.8) is 0 Å². The minimum absolute atomic E-state index is 0.688. The van der Waals surface area contributed by atoms with Crippen LogP contribution in [0, 0.1) is 6.92 Å². The Hall–Kier alpha value is -1.45. The minimum atomic E-state index is 0.688. The largest absolute Gasteiger partial charge is 0.354 e. The van der Waals surface area contributed by atoms with Gasteiger partial charge in [-0.05, 0) is 6.92 Å². The van der Waals surface area contributed by atoms with Gasteiger partial charge in [-0.3, -0.25) is 0 Å². The standard InChI is InChI=1S/C6H5N3O.C2H6/c1-4-5-2-7-8-3-6(5)10-9-4;1-2/h2-3H,1H3;1-2H3. The van der Waals surface area contributed by atoms with E-state index in [1.807, 2.05) is 20.8 Å². The fraction of sp³-hybridized carbons (Fsp3) is 0.375. The van der Waals surface area contributed by atoms with Crippen LogP contribution >= 0.6 is 0 Å². The molecule has 0 fully saturated rings. The third-order valence-electron chi connectivity index (χ3n) is 1.36. The molecule has 2 heterocycles. The predicted molar refractivity (Wildman–Crippen MR) is 45.7 cm³/mol. The van der Waals surface area contributed by atoms with Gasteiger partial charge in [-0.25, -0.2) is 0 Å². The zero-order valence-electron chi connectivity index (χ0n) is 7.40. The maximum Gasteiger partial charge on any atom is 0.188 e. The Morgan fingerprint density at radius 3 is 2.50 bits per heavy atom. The van der Waals surface area contributed by atoms with Crippen molar-refractivity contribution in [1.29, 1.82) is 0 Å². The quantitative estimate of drug-likeness (QED) is 0.598. The maximum absolute atomic E-state index is 4.90. The lowest BCUT2D eigenvalue weighted by Crippen LogP contribution is -1.76. The number of hydrogen-bond acceptors (Lipinski definition) is 4. The van der Waals surface area contributed by atoms with E-state index in [2.05, 4.69) is 15.4 Å². The van der Waals surface area contributed by atoms with Gasteiger partial charge in [0.1, 0.15) is 0 Å². The molecule has 2 aromatic heterocycles. The molecule has 12 heavy (non-hydrogen) atoms.